The molecule has 2 N–H and O–H groups in total. The van der Waals surface area contributed by atoms with E-state index in [9.17, 15) is 9.59 Å². The van der Waals surface area contributed by atoms with Crippen LogP contribution in [-0.2, 0) is 20.7 Å². The number of rotatable bonds is 8. The summed E-state index contributed by atoms with van der Waals surface area (Å²) in [5.41, 5.74) is 1.04. The van der Waals surface area contributed by atoms with Crippen LogP contribution in [0.4, 0.5) is 0 Å². The second-order valence-corrected chi connectivity index (χ2v) is 8.39. The molecule has 0 radical (unpaired) electrons. The first-order chi connectivity index (χ1) is 13.0. The van der Waals surface area contributed by atoms with E-state index in [-0.39, 0.29) is 29.9 Å². The van der Waals surface area contributed by atoms with Gasteiger partial charge in [-0.05, 0) is 44.3 Å². The van der Waals surface area contributed by atoms with Crippen LogP contribution in [0.3, 0.4) is 0 Å². The number of hydrogen-bond acceptors (Lipinski definition) is 4. The van der Waals surface area contributed by atoms with Crippen molar-refractivity contribution in [2.45, 2.75) is 37.5 Å². The molecule has 3 aliphatic rings. The molecule has 2 heterocycles. The predicted molar refractivity (Wildman–Crippen MR) is 102 cm³/mol. The van der Waals surface area contributed by atoms with Crippen LogP contribution in [0.5, 0.6) is 0 Å². The summed E-state index contributed by atoms with van der Waals surface area (Å²) in [4.78, 5) is 27.7. The zero-order valence-corrected chi connectivity index (χ0v) is 16.1. The average Bonchev–Trinajstić information content (AvgIpc) is 3.25. The van der Waals surface area contributed by atoms with E-state index in [0.29, 0.717) is 24.8 Å². The Kier molecular flexibility index (Phi) is 5.19. The van der Waals surface area contributed by atoms with Gasteiger partial charge in [-0.15, -0.1) is 0 Å². The van der Waals surface area contributed by atoms with Crippen LogP contribution < -0.4 is 10.6 Å². The molecule has 2 saturated heterocycles. The van der Waals surface area contributed by atoms with E-state index in [1.54, 1.807) is 0 Å². The highest BCUT2D eigenvalue weighted by atomic mass is 16.5. The highest BCUT2D eigenvalue weighted by Crippen LogP contribution is 2.60. The number of hydrogen-bond donors (Lipinski definition) is 2. The zero-order valence-electron chi connectivity index (χ0n) is 16.1. The van der Waals surface area contributed by atoms with Crippen LogP contribution in [0, 0.1) is 17.8 Å². The number of fused-ring (bicyclic) bond motifs is 5. The predicted octanol–water partition coefficient (Wildman–Crippen LogP) is 0.815. The number of nitrogens with one attached hydrogen (secondary N) is 2. The molecular weight excluding hydrogens is 342 g/mol. The number of amides is 2. The van der Waals surface area contributed by atoms with Crippen LogP contribution in [0.15, 0.2) is 30.3 Å². The Morgan fingerprint density at radius 1 is 1.19 bits per heavy atom. The van der Waals surface area contributed by atoms with Crippen LogP contribution in [0.25, 0.3) is 0 Å². The summed E-state index contributed by atoms with van der Waals surface area (Å²) in [7, 11) is 3.94. The molecule has 1 aromatic rings. The first-order valence-electron chi connectivity index (χ1n) is 9.95. The third kappa shape index (κ3) is 4.01. The summed E-state index contributed by atoms with van der Waals surface area (Å²) in [5, 5.41) is 5.98. The molecule has 6 heteroatoms. The third-order valence-corrected chi connectivity index (χ3v) is 6.12. The van der Waals surface area contributed by atoms with E-state index in [0.717, 1.165) is 18.5 Å². The van der Waals surface area contributed by atoms with Gasteiger partial charge < -0.3 is 20.3 Å². The zero-order chi connectivity index (χ0) is 19.0. The fourth-order valence-electron chi connectivity index (χ4n) is 4.57. The Hall–Kier alpha value is -1.92. The average molecular weight is 371 g/mol. The summed E-state index contributed by atoms with van der Waals surface area (Å²) < 4.78 is 5.95. The highest BCUT2D eigenvalue weighted by molar-refractivity contribution is 5.89. The summed E-state index contributed by atoms with van der Waals surface area (Å²) >= 11 is 0. The van der Waals surface area contributed by atoms with Gasteiger partial charge >= 0.3 is 0 Å². The van der Waals surface area contributed by atoms with Gasteiger partial charge in [0.05, 0.1) is 18.1 Å². The monoisotopic (exact) mass is 371 g/mol. The van der Waals surface area contributed by atoms with Gasteiger partial charge in [-0.1, -0.05) is 30.3 Å². The second kappa shape index (κ2) is 7.60. The lowest BCUT2D eigenvalue weighted by Crippen LogP contribution is -2.51. The van der Waals surface area contributed by atoms with Crippen molar-refractivity contribution < 1.29 is 14.3 Å². The molecule has 2 amide bonds. The fraction of sp³-hybridized carbons (Fsp3) is 0.619. The van der Waals surface area contributed by atoms with Gasteiger partial charge in [0.1, 0.15) is 6.04 Å². The SMILES string of the molecule is CN(C)CCNC(=O)[C@H](Cc1ccccc1)NC(=O)[C@@H]1C[C@@H]2O[C@H]1[C@H]1C[C@H]12. The first kappa shape index (κ1) is 18.4. The van der Waals surface area contributed by atoms with Crippen molar-refractivity contribution in [3.05, 3.63) is 35.9 Å². The Morgan fingerprint density at radius 3 is 2.63 bits per heavy atom. The van der Waals surface area contributed by atoms with E-state index in [1.165, 1.54) is 6.42 Å². The Labute approximate surface area is 160 Å². The molecular formula is C21H29N3O3. The van der Waals surface area contributed by atoms with Crippen molar-refractivity contribution in [3.63, 3.8) is 0 Å². The van der Waals surface area contributed by atoms with Crippen molar-refractivity contribution >= 4 is 11.8 Å². The molecule has 1 aliphatic carbocycles. The minimum atomic E-state index is -0.559. The minimum absolute atomic E-state index is 0.0310. The maximum absolute atomic E-state index is 12.9. The molecule has 0 aromatic heterocycles. The second-order valence-electron chi connectivity index (χ2n) is 8.39. The normalized spacial score (nSPS) is 31.4. The Bertz CT molecular complexity index is 693. The van der Waals surface area contributed by atoms with E-state index < -0.39 is 6.04 Å². The number of ether oxygens (including phenoxy) is 1. The summed E-state index contributed by atoms with van der Waals surface area (Å²) in [6.07, 6.45) is 2.83. The molecule has 146 valence electrons. The molecule has 4 rings (SSSR count). The summed E-state index contributed by atoms with van der Waals surface area (Å²) in [6, 6.07) is 9.27. The molecule has 6 atom stereocenters. The number of carbonyl (C=O) groups is 2. The van der Waals surface area contributed by atoms with Crippen molar-refractivity contribution in [1.82, 2.24) is 15.5 Å². The smallest absolute Gasteiger partial charge is 0.242 e. The summed E-state index contributed by atoms with van der Waals surface area (Å²) in [6.45, 7) is 1.33. The molecule has 1 aromatic carbocycles. The fourth-order valence-corrected chi connectivity index (χ4v) is 4.57. The molecule has 2 bridgehead atoms. The molecule has 27 heavy (non-hydrogen) atoms. The lowest BCUT2D eigenvalue weighted by atomic mass is 9.88. The van der Waals surface area contributed by atoms with Gasteiger partial charge in [0.15, 0.2) is 0 Å². The number of carbonyl (C=O) groups excluding carboxylic acids is 2. The Balaban J connectivity index is 1.39. The number of likely N-dealkylation sites (N-methyl/N-ethyl adjacent to an activating group) is 1. The third-order valence-electron chi connectivity index (χ3n) is 6.12. The van der Waals surface area contributed by atoms with Crippen LogP contribution in [0.2, 0.25) is 0 Å². The maximum atomic E-state index is 12.9. The van der Waals surface area contributed by atoms with E-state index in [2.05, 4.69) is 10.6 Å². The minimum Gasteiger partial charge on any atom is -0.374 e. The highest BCUT2D eigenvalue weighted by Gasteiger charge is 2.64. The molecule has 0 unspecified atom stereocenters. The van der Waals surface area contributed by atoms with Crippen LogP contribution >= 0.6 is 0 Å². The largest absolute Gasteiger partial charge is 0.374 e. The molecule has 6 nitrogen and oxygen atoms in total. The van der Waals surface area contributed by atoms with E-state index >= 15 is 0 Å². The topological polar surface area (TPSA) is 70.7 Å². The lowest BCUT2D eigenvalue weighted by Gasteiger charge is -2.23. The van der Waals surface area contributed by atoms with Gasteiger partial charge in [-0.25, -0.2) is 0 Å². The van der Waals surface area contributed by atoms with Gasteiger partial charge in [0.25, 0.3) is 0 Å². The maximum Gasteiger partial charge on any atom is 0.242 e. The Morgan fingerprint density at radius 2 is 1.96 bits per heavy atom. The van der Waals surface area contributed by atoms with Crippen molar-refractivity contribution in [2.24, 2.45) is 17.8 Å². The molecule has 1 saturated carbocycles. The molecule has 0 spiro atoms. The van der Waals surface area contributed by atoms with Crippen LogP contribution in [-0.4, -0.2) is 62.1 Å². The molecule has 2 aliphatic heterocycles. The van der Waals surface area contributed by atoms with E-state index in [4.69, 9.17) is 4.74 Å². The van der Waals surface area contributed by atoms with Gasteiger partial charge in [-0.3, -0.25) is 9.59 Å². The first-order valence-corrected chi connectivity index (χ1v) is 9.95. The lowest BCUT2D eigenvalue weighted by molar-refractivity contribution is -0.132. The van der Waals surface area contributed by atoms with Gasteiger partial charge in [0.2, 0.25) is 11.8 Å². The number of nitrogens with zero attached hydrogens (tertiary/aromatic N) is 1. The quantitative estimate of drug-likeness (QED) is 0.710. The van der Waals surface area contributed by atoms with Crippen molar-refractivity contribution in [1.29, 1.82) is 0 Å². The summed E-state index contributed by atoms with van der Waals surface area (Å²) in [5.74, 6) is 1.00. The van der Waals surface area contributed by atoms with Crippen LogP contribution in [0.1, 0.15) is 18.4 Å². The van der Waals surface area contributed by atoms with Crippen molar-refractivity contribution in [3.8, 4) is 0 Å². The van der Waals surface area contributed by atoms with Crippen molar-refractivity contribution in [2.75, 3.05) is 27.2 Å². The standard InChI is InChI=1S/C21H29N3O3/c1-24(2)9-8-22-21(26)17(10-13-6-4-3-5-7-13)23-20(25)16-12-18-14-11-15(14)19(16)27-18/h3-7,14-19H,8-12H2,1-2H3,(H,22,26)(H,23,25)/t14-,15+,16-,17+,18+,19+/m1/s1. The molecule has 3 fully saturated rings. The van der Waals surface area contributed by atoms with Gasteiger partial charge in [-0.2, -0.15) is 0 Å². The van der Waals surface area contributed by atoms with Gasteiger partial charge in [0, 0.05) is 19.5 Å². The van der Waals surface area contributed by atoms with E-state index in [1.807, 2.05) is 49.3 Å². The number of benzene rings is 1.